The average Bonchev–Trinajstić information content (AvgIpc) is 2.52. The van der Waals surface area contributed by atoms with Crippen LogP contribution in [0.3, 0.4) is 0 Å². The van der Waals surface area contributed by atoms with Gasteiger partial charge in [-0.2, -0.15) is 0 Å². The van der Waals surface area contributed by atoms with E-state index in [0.717, 1.165) is 26.4 Å². The quantitative estimate of drug-likeness (QED) is 0.220. The zero-order valence-electron chi connectivity index (χ0n) is 18.5. The van der Waals surface area contributed by atoms with Gasteiger partial charge < -0.3 is 13.7 Å². The minimum Gasteiger partial charge on any atom is -0.415 e. The second kappa shape index (κ2) is 14.4. The Morgan fingerprint density at radius 1 is 0.720 bits per heavy atom. The molecule has 0 unspecified atom stereocenters. The lowest BCUT2D eigenvalue weighted by Crippen LogP contribution is -2.47. The maximum atomic E-state index is 5.82. The highest BCUT2D eigenvalue weighted by Crippen LogP contribution is 2.19. The largest absolute Gasteiger partial charge is 0.415 e. The summed E-state index contributed by atoms with van der Waals surface area (Å²) in [6.45, 7) is 17.3. The molecule has 0 aromatic heterocycles. The van der Waals surface area contributed by atoms with Gasteiger partial charge in [0.1, 0.15) is 8.24 Å². The van der Waals surface area contributed by atoms with E-state index in [0.29, 0.717) is 0 Å². The standard InChI is InChI=1S/C20H47NO2Si2/c1-8-9-10-11-12-13-14-15-20-25(6,7)21(2)16-17-22-18-19-23-24(3,4)5/h8-20H2,1-7H3. The lowest BCUT2D eigenvalue weighted by Gasteiger charge is -2.33. The van der Waals surface area contributed by atoms with Crippen LogP contribution in [0.4, 0.5) is 0 Å². The first-order valence-corrected chi connectivity index (χ1v) is 17.2. The fraction of sp³-hybridized carbons (Fsp3) is 1.00. The minimum atomic E-state index is -1.38. The average molecular weight is 390 g/mol. The van der Waals surface area contributed by atoms with Crippen LogP contribution in [-0.4, -0.2) is 54.5 Å². The molecule has 0 radical (unpaired) electrons. The second-order valence-electron chi connectivity index (χ2n) is 9.03. The molecule has 3 nitrogen and oxygen atoms in total. The number of nitrogens with zero attached hydrogens (tertiary/aromatic N) is 1. The fourth-order valence-electron chi connectivity index (χ4n) is 2.90. The molecule has 0 atom stereocenters. The normalized spacial score (nSPS) is 13.0. The van der Waals surface area contributed by atoms with Crippen molar-refractivity contribution in [1.29, 1.82) is 0 Å². The van der Waals surface area contributed by atoms with Gasteiger partial charge >= 0.3 is 0 Å². The van der Waals surface area contributed by atoms with Crippen LogP contribution < -0.4 is 0 Å². The number of unbranched alkanes of at least 4 members (excludes halogenated alkanes) is 7. The molecular formula is C20H47NO2Si2. The molecule has 25 heavy (non-hydrogen) atoms. The highest BCUT2D eigenvalue weighted by atomic mass is 28.4. The van der Waals surface area contributed by atoms with Gasteiger partial charge in [-0.3, -0.25) is 0 Å². The Hall–Kier alpha value is 0.314. The van der Waals surface area contributed by atoms with Gasteiger partial charge in [0.05, 0.1) is 19.8 Å². The summed E-state index contributed by atoms with van der Waals surface area (Å²) in [6.07, 6.45) is 11.3. The molecule has 0 amide bonds. The molecule has 0 saturated heterocycles. The van der Waals surface area contributed by atoms with E-state index in [-0.39, 0.29) is 0 Å². The van der Waals surface area contributed by atoms with E-state index in [1.807, 2.05) is 0 Å². The number of hydrogen-bond donors (Lipinski definition) is 0. The molecule has 0 aliphatic carbocycles. The SMILES string of the molecule is CCCCCCCCCC[Si](C)(C)N(C)CCOCCO[Si](C)(C)C. The van der Waals surface area contributed by atoms with Crippen LogP contribution in [0.15, 0.2) is 0 Å². The molecule has 0 N–H and O–H groups in total. The van der Waals surface area contributed by atoms with Crippen LogP contribution in [0.2, 0.25) is 38.8 Å². The highest BCUT2D eigenvalue weighted by molar-refractivity contribution is 6.74. The first kappa shape index (κ1) is 25.3. The van der Waals surface area contributed by atoms with Crippen LogP contribution in [-0.2, 0) is 9.16 Å². The third-order valence-corrected chi connectivity index (χ3v) is 9.95. The van der Waals surface area contributed by atoms with Crippen molar-refractivity contribution in [2.45, 2.75) is 97.1 Å². The summed E-state index contributed by atoms with van der Waals surface area (Å²) in [5, 5.41) is 0. The fourth-order valence-corrected chi connectivity index (χ4v) is 5.78. The van der Waals surface area contributed by atoms with Gasteiger partial charge in [0.25, 0.3) is 0 Å². The molecule has 0 aliphatic heterocycles. The van der Waals surface area contributed by atoms with Gasteiger partial charge in [-0.25, -0.2) is 0 Å². The number of hydrogen-bond acceptors (Lipinski definition) is 3. The predicted molar refractivity (Wildman–Crippen MR) is 118 cm³/mol. The molecule has 0 aromatic carbocycles. The molecule has 0 rings (SSSR count). The summed E-state index contributed by atoms with van der Waals surface area (Å²) in [6, 6.07) is 1.41. The Bertz CT molecular complexity index is 307. The third-order valence-electron chi connectivity index (χ3n) is 5.01. The van der Waals surface area contributed by atoms with E-state index in [1.165, 1.54) is 57.4 Å². The Morgan fingerprint density at radius 2 is 1.28 bits per heavy atom. The molecule has 152 valence electrons. The van der Waals surface area contributed by atoms with E-state index in [2.05, 4.69) is 51.3 Å². The van der Waals surface area contributed by atoms with Gasteiger partial charge in [-0.05, 0) is 32.7 Å². The Kier molecular flexibility index (Phi) is 14.6. The number of rotatable bonds is 17. The van der Waals surface area contributed by atoms with E-state index in [9.17, 15) is 0 Å². The smallest absolute Gasteiger partial charge is 0.183 e. The monoisotopic (exact) mass is 389 g/mol. The third kappa shape index (κ3) is 16.2. The van der Waals surface area contributed by atoms with Gasteiger partial charge in [0.2, 0.25) is 0 Å². The molecule has 5 heteroatoms. The lowest BCUT2D eigenvalue weighted by atomic mass is 10.1. The van der Waals surface area contributed by atoms with Crippen LogP contribution in [0.25, 0.3) is 0 Å². The van der Waals surface area contributed by atoms with E-state index in [4.69, 9.17) is 9.16 Å². The van der Waals surface area contributed by atoms with Crippen molar-refractivity contribution in [3.05, 3.63) is 0 Å². The second-order valence-corrected chi connectivity index (χ2v) is 18.4. The van der Waals surface area contributed by atoms with Crippen molar-refractivity contribution in [2.24, 2.45) is 0 Å². The van der Waals surface area contributed by atoms with Crippen LogP contribution >= 0.6 is 0 Å². The molecule has 0 spiro atoms. The van der Waals surface area contributed by atoms with Crippen molar-refractivity contribution >= 4 is 16.6 Å². The summed E-state index contributed by atoms with van der Waals surface area (Å²) in [7, 11) is -0.351. The maximum absolute atomic E-state index is 5.82. The van der Waals surface area contributed by atoms with Crippen LogP contribution in [0, 0.1) is 0 Å². The first-order chi connectivity index (χ1) is 11.7. The molecule has 0 fully saturated rings. The zero-order chi connectivity index (χ0) is 19.2. The van der Waals surface area contributed by atoms with Gasteiger partial charge in [-0.15, -0.1) is 0 Å². The van der Waals surface area contributed by atoms with Crippen LogP contribution in [0.5, 0.6) is 0 Å². The van der Waals surface area contributed by atoms with E-state index < -0.39 is 16.6 Å². The molecular weight excluding hydrogens is 342 g/mol. The Balaban J connectivity index is 3.64. The summed E-state index contributed by atoms with van der Waals surface area (Å²) in [4.78, 5) is 0. The lowest BCUT2D eigenvalue weighted by molar-refractivity contribution is 0.0919. The molecule has 0 bridgehead atoms. The highest BCUT2D eigenvalue weighted by Gasteiger charge is 2.25. The van der Waals surface area contributed by atoms with Gasteiger partial charge in [-0.1, -0.05) is 71.4 Å². The minimum absolute atomic E-state index is 0.734. The van der Waals surface area contributed by atoms with Crippen molar-refractivity contribution in [1.82, 2.24) is 4.57 Å². The molecule has 0 saturated carbocycles. The maximum Gasteiger partial charge on any atom is 0.183 e. The summed E-state index contributed by atoms with van der Waals surface area (Å²) in [5.74, 6) is 0. The van der Waals surface area contributed by atoms with Crippen molar-refractivity contribution in [3.8, 4) is 0 Å². The molecule has 0 heterocycles. The topological polar surface area (TPSA) is 21.7 Å². The Labute approximate surface area is 161 Å². The number of ether oxygens (including phenoxy) is 1. The Morgan fingerprint density at radius 3 is 1.84 bits per heavy atom. The van der Waals surface area contributed by atoms with E-state index in [1.54, 1.807) is 0 Å². The van der Waals surface area contributed by atoms with Crippen LogP contribution in [0.1, 0.15) is 58.3 Å². The summed E-state index contributed by atoms with van der Waals surface area (Å²) in [5.41, 5.74) is 0. The van der Waals surface area contributed by atoms with Crippen molar-refractivity contribution in [3.63, 3.8) is 0 Å². The molecule has 0 aromatic rings. The summed E-state index contributed by atoms with van der Waals surface area (Å²) < 4.78 is 14.2. The van der Waals surface area contributed by atoms with Crippen molar-refractivity contribution < 1.29 is 9.16 Å². The number of likely N-dealkylation sites (N-methyl/N-ethyl adjacent to an activating group) is 1. The zero-order valence-corrected chi connectivity index (χ0v) is 20.5. The van der Waals surface area contributed by atoms with Gasteiger partial charge in [0, 0.05) is 6.54 Å². The predicted octanol–water partition coefficient (Wildman–Crippen LogP) is 6.13. The summed E-state index contributed by atoms with van der Waals surface area (Å²) >= 11 is 0. The first-order valence-electron chi connectivity index (χ1n) is 10.6. The van der Waals surface area contributed by atoms with E-state index >= 15 is 0 Å². The molecule has 0 aliphatic rings. The van der Waals surface area contributed by atoms with Crippen molar-refractivity contribution in [2.75, 3.05) is 33.4 Å². The van der Waals surface area contributed by atoms with Gasteiger partial charge in [0.15, 0.2) is 8.32 Å².